The maximum atomic E-state index is 12.5. The first-order valence-corrected chi connectivity index (χ1v) is 3.55. The fraction of sp³-hybridized carbons (Fsp3) is 1.00. The van der Waals surface area contributed by atoms with Crippen LogP contribution in [0.2, 0.25) is 0 Å². The third-order valence-electron chi connectivity index (χ3n) is 2.20. The molecule has 0 amide bonds. The predicted molar refractivity (Wildman–Crippen MR) is 36.2 cm³/mol. The Morgan fingerprint density at radius 1 is 1.78 bits per heavy atom. The molecule has 0 aromatic carbocycles. The van der Waals surface area contributed by atoms with Crippen molar-refractivity contribution >= 4 is 0 Å². The van der Waals surface area contributed by atoms with Crippen molar-refractivity contribution < 1.29 is 4.39 Å². The minimum Gasteiger partial charge on any atom is -0.309 e. The van der Waals surface area contributed by atoms with Crippen LogP contribution in [0.5, 0.6) is 0 Å². The van der Waals surface area contributed by atoms with Crippen molar-refractivity contribution in [3.05, 3.63) is 0 Å². The molecule has 54 valence electrons. The van der Waals surface area contributed by atoms with Crippen molar-refractivity contribution in [2.75, 3.05) is 6.54 Å². The smallest absolute Gasteiger partial charge is 0.114 e. The second kappa shape index (κ2) is 2.25. The molecule has 1 nitrogen and oxygen atoms in total. The summed E-state index contributed by atoms with van der Waals surface area (Å²) >= 11 is 0. The molecule has 0 spiro atoms. The third-order valence-corrected chi connectivity index (χ3v) is 2.20. The summed E-state index contributed by atoms with van der Waals surface area (Å²) in [5.41, 5.74) is 0.0828. The number of alkyl halides is 1. The van der Waals surface area contributed by atoms with Gasteiger partial charge in [-0.2, -0.15) is 0 Å². The molecule has 1 saturated heterocycles. The van der Waals surface area contributed by atoms with Crippen molar-refractivity contribution in [1.82, 2.24) is 5.32 Å². The lowest BCUT2D eigenvalue weighted by Gasteiger charge is -2.20. The minimum absolute atomic E-state index is 0.0828. The van der Waals surface area contributed by atoms with Crippen LogP contribution < -0.4 is 5.32 Å². The van der Waals surface area contributed by atoms with Crippen LogP contribution in [0.25, 0.3) is 0 Å². The zero-order valence-electron chi connectivity index (χ0n) is 6.08. The van der Waals surface area contributed by atoms with E-state index in [0.29, 0.717) is 13.0 Å². The zero-order valence-corrected chi connectivity index (χ0v) is 6.08. The third kappa shape index (κ3) is 1.42. The molecule has 0 bridgehead atoms. The van der Waals surface area contributed by atoms with E-state index in [0.717, 1.165) is 6.42 Å². The number of halogens is 1. The molecule has 0 aromatic heterocycles. The average Bonchev–Trinajstić information content (AvgIpc) is 2.13. The van der Waals surface area contributed by atoms with Gasteiger partial charge in [0.1, 0.15) is 6.17 Å². The second-order valence-corrected chi connectivity index (χ2v) is 3.10. The first-order chi connectivity index (χ1) is 4.16. The monoisotopic (exact) mass is 131 g/mol. The minimum atomic E-state index is -0.616. The maximum Gasteiger partial charge on any atom is 0.114 e. The van der Waals surface area contributed by atoms with Crippen LogP contribution in [-0.4, -0.2) is 18.3 Å². The van der Waals surface area contributed by atoms with Crippen molar-refractivity contribution in [3.8, 4) is 0 Å². The Labute approximate surface area is 55.6 Å². The number of rotatable bonds is 1. The Morgan fingerprint density at radius 2 is 2.44 bits per heavy atom. The Balaban J connectivity index is 2.45. The van der Waals surface area contributed by atoms with E-state index in [1.54, 1.807) is 0 Å². The molecular formula is C7H14FN. The number of hydrogen-bond donors (Lipinski definition) is 1. The Bertz CT molecular complexity index is 105. The highest BCUT2D eigenvalue weighted by molar-refractivity contribution is 4.91. The lowest BCUT2D eigenvalue weighted by Crippen LogP contribution is -2.34. The maximum absolute atomic E-state index is 12.5. The molecule has 0 saturated carbocycles. The molecule has 1 rings (SSSR count). The van der Waals surface area contributed by atoms with Crippen LogP contribution in [0.4, 0.5) is 4.39 Å². The van der Waals surface area contributed by atoms with Crippen molar-refractivity contribution in [2.24, 2.45) is 0 Å². The van der Waals surface area contributed by atoms with Gasteiger partial charge in [-0.05, 0) is 19.8 Å². The van der Waals surface area contributed by atoms with Crippen LogP contribution >= 0.6 is 0 Å². The Morgan fingerprint density at radius 3 is 2.67 bits per heavy atom. The first-order valence-electron chi connectivity index (χ1n) is 3.55. The fourth-order valence-corrected chi connectivity index (χ4v) is 1.26. The fourth-order valence-electron chi connectivity index (χ4n) is 1.26. The molecule has 1 aliphatic heterocycles. The molecule has 0 unspecified atom stereocenters. The first kappa shape index (κ1) is 7.00. The number of hydrogen-bond acceptors (Lipinski definition) is 1. The van der Waals surface area contributed by atoms with Gasteiger partial charge < -0.3 is 5.32 Å². The summed E-state index contributed by atoms with van der Waals surface area (Å²) in [6, 6.07) is 0. The molecule has 1 N–H and O–H groups in total. The normalized spacial score (nSPS) is 43.7. The summed E-state index contributed by atoms with van der Waals surface area (Å²) in [4.78, 5) is 0. The van der Waals surface area contributed by atoms with Crippen LogP contribution in [0.1, 0.15) is 26.7 Å². The van der Waals surface area contributed by atoms with Gasteiger partial charge in [-0.3, -0.25) is 0 Å². The van der Waals surface area contributed by atoms with Gasteiger partial charge in [-0.15, -0.1) is 0 Å². The molecular weight excluding hydrogens is 117 g/mol. The van der Waals surface area contributed by atoms with Crippen molar-refractivity contribution in [2.45, 2.75) is 38.4 Å². The molecule has 0 aliphatic carbocycles. The van der Waals surface area contributed by atoms with E-state index >= 15 is 0 Å². The van der Waals surface area contributed by atoms with E-state index in [-0.39, 0.29) is 5.54 Å². The Kier molecular flexibility index (Phi) is 1.75. The molecule has 9 heavy (non-hydrogen) atoms. The molecule has 2 heteroatoms. The molecule has 1 aliphatic rings. The lowest BCUT2D eigenvalue weighted by molar-refractivity contribution is 0.326. The largest absolute Gasteiger partial charge is 0.309 e. The summed E-state index contributed by atoms with van der Waals surface area (Å²) < 4.78 is 12.5. The Hall–Kier alpha value is -0.110. The average molecular weight is 131 g/mol. The van der Waals surface area contributed by atoms with Crippen LogP contribution in [-0.2, 0) is 0 Å². The highest BCUT2D eigenvalue weighted by Gasteiger charge is 2.32. The molecule has 1 heterocycles. The van der Waals surface area contributed by atoms with Crippen LogP contribution in [0.15, 0.2) is 0 Å². The molecule has 2 atom stereocenters. The predicted octanol–water partition coefficient (Wildman–Crippen LogP) is 1.49. The standard InChI is InChI=1S/C7H14FN/c1-3-7(2)4-6(8)5-9-7/h6,9H,3-5H2,1-2H3/t6-,7-/m1/s1. The SMILES string of the molecule is CC[C@]1(C)C[C@@H](F)CN1. The van der Waals surface area contributed by atoms with Crippen molar-refractivity contribution in [1.29, 1.82) is 0 Å². The van der Waals surface area contributed by atoms with Gasteiger partial charge in [0.15, 0.2) is 0 Å². The van der Waals surface area contributed by atoms with Crippen LogP contribution in [0.3, 0.4) is 0 Å². The van der Waals surface area contributed by atoms with Gasteiger partial charge in [0.25, 0.3) is 0 Å². The number of nitrogens with one attached hydrogen (secondary N) is 1. The van der Waals surface area contributed by atoms with Gasteiger partial charge in [0.2, 0.25) is 0 Å². The van der Waals surface area contributed by atoms with E-state index < -0.39 is 6.17 Å². The van der Waals surface area contributed by atoms with E-state index in [2.05, 4.69) is 19.2 Å². The summed E-state index contributed by atoms with van der Waals surface area (Å²) in [5.74, 6) is 0. The summed E-state index contributed by atoms with van der Waals surface area (Å²) in [6.07, 6.45) is 1.09. The zero-order chi connectivity index (χ0) is 6.91. The van der Waals surface area contributed by atoms with Crippen molar-refractivity contribution in [3.63, 3.8) is 0 Å². The van der Waals surface area contributed by atoms with Gasteiger partial charge in [-0.25, -0.2) is 4.39 Å². The van der Waals surface area contributed by atoms with E-state index in [4.69, 9.17) is 0 Å². The molecule has 0 aromatic rings. The van der Waals surface area contributed by atoms with Gasteiger partial charge in [0, 0.05) is 12.1 Å². The van der Waals surface area contributed by atoms with Gasteiger partial charge >= 0.3 is 0 Å². The molecule has 0 radical (unpaired) electrons. The van der Waals surface area contributed by atoms with Gasteiger partial charge in [-0.1, -0.05) is 6.92 Å². The topological polar surface area (TPSA) is 12.0 Å². The summed E-state index contributed by atoms with van der Waals surface area (Å²) in [6.45, 7) is 4.71. The van der Waals surface area contributed by atoms with E-state index in [1.165, 1.54) is 0 Å². The quantitative estimate of drug-likeness (QED) is 0.568. The highest BCUT2D eigenvalue weighted by Crippen LogP contribution is 2.23. The van der Waals surface area contributed by atoms with E-state index in [9.17, 15) is 4.39 Å². The van der Waals surface area contributed by atoms with E-state index in [1.807, 2.05) is 0 Å². The second-order valence-electron chi connectivity index (χ2n) is 3.10. The van der Waals surface area contributed by atoms with Crippen LogP contribution in [0, 0.1) is 0 Å². The lowest BCUT2D eigenvalue weighted by atomic mass is 9.97. The summed E-state index contributed by atoms with van der Waals surface area (Å²) in [7, 11) is 0. The summed E-state index contributed by atoms with van der Waals surface area (Å²) in [5, 5.41) is 3.16. The highest BCUT2D eigenvalue weighted by atomic mass is 19.1. The van der Waals surface area contributed by atoms with Gasteiger partial charge in [0.05, 0.1) is 0 Å². The molecule has 1 fully saturated rings.